The molecule has 4 heteroatoms. The average molecular weight is 421 g/mol. The molecule has 0 aromatic carbocycles. The van der Waals surface area contributed by atoms with E-state index in [1.165, 1.54) is 50.4 Å². The fraction of sp³-hybridized carbons (Fsp3) is 0.364. The summed E-state index contributed by atoms with van der Waals surface area (Å²) in [6, 6.07) is 0. The van der Waals surface area contributed by atoms with E-state index in [0.717, 1.165) is 0 Å². The van der Waals surface area contributed by atoms with Crippen molar-refractivity contribution in [2.24, 2.45) is 0 Å². The van der Waals surface area contributed by atoms with Gasteiger partial charge in [-0.25, -0.2) is 0 Å². The molecule has 0 bridgehead atoms. The Balaban J connectivity index is 2.37. The van der Waals surface area contributed by atoms with E-state index >= 15 is 0 Å². The number of hydrogen-bond donors (Lipinski definition) is 0. The van der Waals surface area contributed by atoms with Crippen LogP contribution in [0.1, 0.15) is 55.4 Å². The first-order valence-corrected chi connectivity index (χ1v) is 12.0. The minimum absolute atomic E-state index is 1.35. The summed E-state index contributed by atoms with van der Waals surface area (Å²) in [5, 5.41) is 0. The Labute approximate surface area is 176 Å². The predicted octanol–water partition coefficient (Wildman–Crippen LogP) is 9.36. The molecule has 0 aliphatic carbocycles. The van der Waals surface area contributed by atoms with Gasteiger partial charge in [-0.15, -0.1) is 0 Å². The maximum Gasteiger partial charge on any atom is 0.0706 e. The second-order valence-corrected chi connectivity index (χ2v) is 12.1. The Bertz CT molecular complexity index is 663. The molecule has 0 atom stereocenters. The highest BCUT2D eigenvalue weighted by atomic mass is 32.2. The molecule has 0 spiro atoms. The van der Waals surface area contributed by atoms with Crippen molar-refractivity contribution in [1.82, 2.24) is 0 Å². The van der Waals surface area contributed by atoms with Gasteiger partial charge in [-0.1, -0.05) is 69.3 Å². The zero-order valence-electron chi connectivity index (χ0n) is 16.9. The zero-order valence-corrected chi connectivity index (χ0v) is 20.2. The second kappa shape index (κ2) is 9.68. The monoisotopic (exact) mass is 420 g/mol. The standard InChI is InChI=1S/C22H28S4/c1-13(2)9-17-18(10-14(3)4)24-21(23-17)22-25-19(11-15(5)6)20(26-22)12-16(7)8/h9-12H,1-8H3. The minimum atomic E-state index is 1.35. The summed E-state index contributed by atoms with van der Waals surface area (Å²) >= 11 is 7.68. The third-order valence-electron chi connectivity index (χ3n) is 3.14. The molecule has 2 aliphatic heterocycles. The Morgan fingerprint density at radius 3 is 0.769 bits per heavy atom. The topological polar surface area (TPSA) is 0 Å². The summed E-state index contributed by atoms with van der Waals surface area (Å²) < 4.78 is 2.83. The molecule has 0 saturated carbocycles. The molecule has 0 aromatic heterocycles. The summed E-state index contributed by atoms with van der Waals surface area (Å²) in [5.41, 5.74) is 5.39. The molecule has 140 valence electrons. The average Bonchev–Trinajstić information content (AvgIpc) is 3.02. The molecule has 26 heavy (non-hydrogen) atoms. The smallest absolute Gasteiger partial charge is 0.0706 e. The summed E-state index contributed by atoms with van der Waals surface area (Å²) in [6.07, 6.45) is 9.24. The molecule has 0 amide bonds. The molecule has 2 heterocycles. The number of rotatable bonds is 4. The summed E-state index contributed by atoms with van der Waals surface area (Å²) in [5.74, 6) is 0. The summed E-state index contributed by atoms with van der Waals surface area (Å²) in [7, 11) is 0. The molecule has 0 fully saturated rings. The highest BCUT2D eigenvalue weighted by molar-refractivity contribution is 8.34. The van der Waals surface area contributed by atoms with Gasteiger partial charge in [0.25, 0.3) is 0 Å². The van der Waals surface area contributed by atoms with Crippen molar-refractivity contribution in [1.29, 1.82) is 0 Å². The van der Waals surface area contributed by atoms with Gasteiger partial charge in [-0.3, -0.25) is 0 Å². The van der Waals surface area contributed by atoms with Crippen LogP contribution in [-0.2, 0) is 0 Å². The molecule has 0 aromatic rings. The largest absolute Gasteiger partial charge is 0.0798 e. The fourth-order valence-corrected chi connectivity index (χ4v) is 8.12. The van der Waals surface area contributed by atoms with Gasteiger partial charge < -0.3 is 0 Å². The van der Waals surface area contributed by atoms with Crippen molar-refractivity contribution in [3.63, 3.8) is 0 Å². The maximum absolute atomic E-state index is 2.31. The van der Waals surface area contributed by atoms with Gasteiger partial charge in [-0.2, -0.15) is 0 Å². The van der Waals surface area contributed by atoms with E-state index < -0.39 is 0 Å². The van der Waals surface area contributed by atoms with E-state index in [2.05, 4.69) is 79.7 Å². The molecule has 2 rings (SSSR count). The number of allylic oxidation sites excluding steroid dienone is 8. The Morgan fingerprint density at radius 1 is 0.423 bits per heavy atom. The maximum atomic E-state index is 2.31. The van der Waals surface area contributed by atoms with Gasteiger partial charge in [0, 0.05) is 19.6 Å². The van der Waals surface area contributed by atoms with E-state index in [-0.39, 0.29) is 0 Å². The highest BCUT2D eigenvalue weighted by Crippen LogP contribution is 2.61. The van der Waals surface area contributed by atoms with Gasteiger partial charge in [0.2, 0.25) is 0 Å². The van der Waals surface area contributed by atoms with Crippen LogP contribution in [0.25, 0.3) is 0 Å². The lowest BCUT2D eigenvalue weighted by Gasteiger charge is -2.02. The molecular formula is C22H28S4. The second-order valence-electron chi connectivity index (χ2n) is 7.33. The molecular weight excluding hydrogens is 393 g/mol. The van der Waals surface area contributed by atoms with E-state index in [1.807, 2.05) is 47.0 Å². The first-order valence-electron chi connectivity index (χ1n) is 8.69. The lowest BCUT2D eigenvalue weighted by Crippen LogP contribution is -1.74. The van der Waals surface area contributed by atoms with Crippen LogP contribution in [0.2, 0.25) is 0 Å². The molecule has 0 nitrogen and oxygen atoms in total. The van der Waals surface area contributed by atoms with Crippen LogP contribution in [0, 0.1) is 0 Å². The molecule has 0 radical (unpaired) electrons. The lowest BCUT2D eigenvalue weighted by atomic mass is 10.2. The minimum Gasteiger partial charge on any atom is -0.0798 e. The van der Waals surface area contributed by atoms with E-state index in [4.69, 9.17) is 0 Å². The quantitative estimate of drug-likeness (QED) is 0.444. The van der Waals surface area contributed by atoms with Gasteiger partial charge in [0.15, 0.2) is 0 Å². The fourth-order valence-electron chi connectivity index (χ4n) is 2.26. The lowest BCUT2D eigenvalue weighted by molar-refractivity contribution is 1.37. The van der Waals surface area contributed by atoms with Gasteiger partial charge in [-0.05, 0) is 79.7 Å². The third-order valence-corrected chi connectivity index (χ3v) is 8.71. The summed E-state index contributed by atoms with van der Waals surface area (Å²) in [6.45, 7) is 17.4. The van der Waals surface area contributed by atoms with Crippen molar-refractivity contribution in [3.05, 3.63) is 74.7 Å². The van der Waals surface area contributed by atoms with Crippen LogP contribution in [0.4, 0.5) is 0 Å². The van der Waals surface area contributed by atoms with Crippen molar-refractivity contribution in [3.8, 4) is 0 Å². The predicted molar refractivity (Wildman–Crippen MR) is 129 cm³/mol. The molecule has 0 N–H and O–H groups in total. The van der Waals surface area contributed by atoms with Crippen molar-refractivity contribution < 1.29 is 0 Å². The van der Waals surface area contributed by atoms with Crippen molar-refractivity contribution in [2.45, 2.75) is 55.4 Å². The molecule has 0 saturated heterocycles. The van der Waals surface area contributed by atoms with Crippen LogP contribution in [0.3, 0.4) is 0 Å². The van der Waals surface area contributed by atoms with E-state index in [1.54, 1.807) is 0 Å². The molecule has 2 aliphatic rings. The van der Waals surface area contributed by atoms with E-state index in [0.29, 0.717) is 0 Å². The van der Waals surface area contributed by atoms with Crippen LogP contribution in [0.15, 0.2) is 74.7 Å². The van der Waals surface area contributed by atoms with Crippen LogP contribution >= 0.6 is 47.0 Å². The SMILES string of the molecule is CC(C)=CC1=C(C=C(C)C)SC(=C2SC(C=C(C)C)=C(C=C(C)C)S2)S1. The number of thioether (sulfide) groups is 4. The molecule has 0 unspecified atom stereocenters. The van der Waals surface area contributed by atoms with Crippen molar-refractivity contribution >= 4 is 47.0 Å². The zero-order chi connectivity index (χ0) is 19.4. The van der Waals surface area contributed by atoms with Crippen LogP contribution < -0.4 is 0 Å². The van der Waals surface area contributed by atoms with Gasteiger partial charge in [0.05, 0.1) is 8.47 Å². The van der Waals surface area contributed by atoms with Gasteiger partial charge in [0.1, 0.15) is 0 Å². The summed E-state index contributed by atoms with van der Waals surface area (Å²) in [4.78, 5) is 5.50. The third kappa shape index (κ3) is 6.33. The Morgan fingerprint density at radius 2 is 0.615 bits per heavy atom. The van der Waals surface area contributed by atoms with Crippen LogP contribution in [0.5, 0.6) is 0 Å². The van der Waals surface area contributed by atoms with Crippen LogP contribution in [-0.4, -0.2) is 0 Å². The van der Waals surface area contributed by atoms with E-state index in [9.17, 15) is 0 Å². The Hall–Kier alpha value is -0.420. The number of hydrogen-bond acceptors (Lipinski definition) is 4. The first-order chi connectivity index (χ1) is 12.2. The van der Waals surface area contributed by atoms with Gasteiger partial charge >= 0.3 is 0 Å². The Kier molecular flexibility index (Phi) is 8.14. The van der Waals surface area contributed by atoms with Crippen molar-refractivity contribution in [2.75, 3.05) is 0 Å². The highest BCUT2D eigenvalue weighted by Gasteiger charge is 2.27. The normalized spacial score (nSPS) is 16.9. The first kappa shape index (κ1) is 21.9.